The van der Waals surface area contributed by atoms with Gasteiger partial charge in [-0.3, -0.25) is 9.48 Å². The lowest BCUT2D eigenvalue weighted by Gasteiger charge is -2.28. The van der Waals surface area contributed by atoms with Gasteiger partial charge in [0.05, 0.1) is 30.5 Å². The lowest BCUT2D eigenvalue weighted by Crippen LogP contribution is -2.48. The Bertz CT molecular complexity index is 1240. The van der Waals surface area contributed by atoms with E-state index >= 15 is 0 Å². The van der Waals surface area contributed by atoms with E-state index in [0.29, 0.717) is 30.7 Å². The van der Waals surface area contributed by atoms with E-state index in [1.165, 1.54) is 0 Å². The zero-order chi connectivity index (χ0) is 22.1. The molecule has 0 radical (unpaired) electrons. The van der Waals surface area contributed by atoms with Crippen LogP contribution in [0.25, 0.3) is 16.8 Å². The molecule has 8 nitrogen and oxygen atoms in total. The van der Waals surface area contributed by atoms with Gasteiger partial charge in [0.1, 0.15) is 5.65 Å². The Kier molecular flexibility index (Phi) is 5.46. The van der Waals surface area contributed by atoms with Gasteiger partial charge in [-0.15, -0.1) is 0 Å². The van der Waals surface area contributed by atoms with Crippen molar-refractivity contribution < 1.29 is 14.6 Å². The van der Waals surface area contributed by atoms with E-state index < -0.39 is 6.10 Å². The number of benzene rings is 1. The first-order chi connectivity index (χ1) is 15.6. The maximum Gasteiger partial charge on any atom is 0.255 e. The van der Waals surface area contributed by atoms with E-state index in [-0.39, 0.29) is 18.6 Å². The molecule has 1 aliphatic rings. The summed E-state index contributed by atoms with van der Waals surface area (Å²) in [6, 6.07) is 9.93. The average molecular weight is 431 g/mol. The molecule has 0 saturated carbocycles. The summed E-state index contributed by atoms with van der Waals surface area (Å²) in [5, 5.41) is 17.3. The molecule has 164 valence electrons. The van der Waals surface area contributed by atoms with Gasteiger partial charge in [0, 0.05) is 44.0 Å². The third-order valence-electron chi connectivity index (χ3n) is 5.83. The first kappa shape index (κ1) is 20.4. The monoisotopic (exact) mass is 431 g/mol. The van der Waals surface area contributed by atoms with E-state index in [4.69, 9.17) is 4.74 Å². The molecule has 2 atom stereocenters. The van der Waals surface area contributed by atoms with Crippen LogP contribution in [-0.4, -0.2) is 55.5 Å². The minimum Gasteiger partial charge on any atom is -0.389 e. The second-order valence-corrected chi connectivity index (χ2v) is 8.21. The molecule has 32 heavy (non-hydrogen) atoms. The number of nitrogens with one attached hydrogen (secondary N) is 1. The summed E-state index contributed by atoms with van der Waals surface area (Å²) in [7, 11) is 1.90. The largest absolute Gasteiger partial charge is 0.389 e. The van der Waals surface area contributed by atoms with Crippen molar-refractivity contribution in [3.8, 4) is 11.1 Å². The summed E-state index contributed by atoms with van der Waals surface area (Å²) in [4.78, 5) is 17.4. The second-order valence-electron chi connectivity index (χ2n) is 8.21. The lowest BCUT2D eigenvalue weighted by molar-refractivity contribution is -0.0260. The Morgan fingerprint density at radius 3 is 2.81 bits per heavy atom. The molecular weight excluding hydrogens is 406 g/mol. The SMILES string of the molecule is Cn1cc(-c2ccc(Cc3cc(C(=O)N[C@H]4CCOC[C@@H]4O)c4nccn4c3)cc2)cn1. The molecule has 3 aromatic heterocycles. The van der Waals surface area contributed by atoms with Crippen LogP contribution in [-0.2, 0) is 18.2 Å². The van der Waals surface area contributed by atoms with Gasteiger partial charge < -0.3 is 19.6 Å². The molecule has 2 N–H and O–H groups in total. The number of aliphatic hydroxyl groups is 1. The zero-order valence-corrected chi connectivity index (χ0v) is 17.8. The Labute approximate surface area is 185 Å². The third kappa shape index (κ3) is 4.15. The number of aryl methyl sites for hydroxylation is 1. The quantitative estimate of drug-likeness (QED) is 0.505. The molecule has 0 aliphatic carbocycles. The maximum atomic E-state index is 13.1. The van der Waals surface area contributed by atoms with E-state index in [0.717, 1.165) is 22.3 Å². The number of amides is 1. The van der Waals surface area contributed by atoms with Crippen molar-refractivity contribution in [3.05, 3.63) is 78.0 Å². The summed E-state index contributed by atoms with van der Waals surface area (Å²) in [6.07, 6.45) is 9.92. The molecule has 1 fully saturated rings. The number of hydrogen-bond acceptors (Lipinski definition) is 5. The molecule has 1 amide bonds. The predicted molar refractivity (Wildman–Crippen MR) is 119 cm³/mol. The molecule has 8 heteroatoms. The highest BCUT2D eigenvalue weighted by molar-refractivity contribution is 6.00. The normalized spacial score (nSPS) is 18.7. The summed E-state index contributed by atoms with van der Waals surface area (Å²) < 4.78 is 8.91. The van der Waals surface area contributed by atoms with Gasteiger partial charge in [-0.1, -0.05) is 24.3 Å². The van der Waals surface area contributed by atoms with Crippen molar-refractivity contribution in [1.29, 1.82) is 0 Å². The number of hydrogen-bond donors (Lipinski definition) is 2. The third-order valence-corrected chi connectivity index (χ3v) is 5.83. The Hall–Kier alpha value is -3.49. The van der Waals surface area contributed by atoms with Crippen molar-refractivity contribution >= 4 is 11.6 Å². The van der Waals surface area contributed by atoms with Crippen molar-refractivity contribution in [1.82, 2.24) is 24.5 Å². The van der Waals surface area contributed by atoms with Crippen LogP contribution in [0.1, 0.15) is 27.9 Å². The van der Waals surface area contributed by atoms with Crippen LogP contribution in [0, 0.1) is 0 Å². The number of ether oxygens (including phenoxy) is 1. The molecule has 0 bridgehead atoms. The highest BCUT2D eigenvalue weighted by Gasteiger charge is 2.26. The molecule has 1 aromatic carbocycles. The van der Waals surface area contributed by atoms with E-state index in [9.17, 15) is 9.90 Å². The highest BCUT2D eigenvalue weighted by atomic mass is 16.5. The van der Waals surface area contributed by atoms with Crippen LogP contribution in [0.5, 0.6) is 0 Å². The molecule has 1 saturated heterocycles. The molecule has 1 aliphatic heterocycles. The van der Waals surface area contributed by atoms with Crippen molar-refractivity contribution in [3.63, 3.8) is 0 Å². The summed E-state index contributed by atoms with van der Waals surface area (Å²) in [5.74, 6) is -0.235. The van der Waals surface area contributed by atoms with Crippen LogP contribution in [0.2, 0.25) is 0 Å². The van der Waals surface area contributed by atoms with E-state index in [2.05, 4.69) is 39.7 Å². The lowest BCUT2D eigenvalue weighted by atomic mass is 10.0. The number of aromatic nitrogens is 4. The van der Waals surface area contributed by atoms with Gasteiger partial charge in [-0.25, -0.2) is 4.98 Å². The molecular formula is C24H25N5O3. The van der Waals surface area contributed by atoms with E-state index in [1.54, 1.807) is 10.9 Å². The number of imidazole rings is 1. The molecule has 0 unspecified atom stereocenters. The smallest absolute Gasteiger partial charge is 0.255 e. The number of fused-ring (bicyclic) bond motifs is 1. The molecule has 4 aromatic rings. The topological polar surface area (TPSA) is 93.7 Å². The first-order valence-electron chi connectivity index (χ1n) is 10.7. The number of nitrogens with zero attached hydrogens (tertiary/aromatic N) is 4. The maximum absolute atomic E-state index is 13.1. The highest BCUT2D eigenvalue weighted by Crippen LogP contribution is 2.21. The van der Waals surface area contributed by atoms with Gasteiger partial charge in [0.2, 0.25) is 0 Å². The molecule has 0 spiro atoms. The number of rotatable bonds is 5. The Balaban J connectivity index is 1.38. The van der Waals surface area contributed by atoms with E-state index in [1.807, 2.05) is 42.3 Å². The number of pyridine rings is 1. The fourth-order valence-electron chi connectivity index (χ4n) is 4.11. The van der Waals surface area contributed by atoms with Crippen molar-refractivity contribution in [2.75, 3.05) is 13.2 Å². The molecule has 5 rings (SSSR count). The summed E-state index contributed by atoms with van der Waals surface area (Å²) >= 11 is 0. The van der Waals surface area contributed by atoms with Gasteiger partial charge in [-0.2, -0.15) is 5.10 Å². The van der Waals surface area contributed by atoms with Gasteiger partial charge in [-0.05, 0) is 35.6 Å². The van der Waals surface area contributed by atoms with Crippen LogP contribution >= 0.6 is 0 Å². The zero-order valence-electron chi connectivity index (χ0n) is 17.8. The number of carbonyl (C=O) groups is 1. The van der Waals surface area contributed by atoms with Crippen LogP contribution in [0.15, 0.2) is 61.3 Å². The first-order valence-corrected chi connectivity index (χ1v) is 10.7. The minimum absolute atomic E-state index is 0.235. The van der Waals surface area contributed by atoms with Crippen molar-refractivity contribution in [2.24, 2.45) is 7.05 Å². The van der Waals surface area contributed by atoms with Crippen molar-refractivity contribution in [2.45, 2.75) is 25.0 Å². The van der Waals surface area contributed by atoms with Crippen LogP contribution in [0.3, 0.4) is 0 Å². The number of carbonyl (C=O) groups excluding carboxylic acids is 1. The summed E-state index contributed by atoms with van der Waals surface area (Å²) in [6.45, 7) is 0.759. The Morgan fingerprint density at radius 2 is 2.06 bits per heavy atom. The fraction of sp³-hybridized carbons (Fsp3) is 0.292. The number of aliphatic hydroxyl groups excluding tert-OH is 1. The van der Waals surface area contributed by atoms with Gasteiger partial charge in [0.25, 0.3) is 5.91 Å². The van der Waals surface area contributed by atoms with Crippen LogP contribution in [0.4, 0.5) is 0 Å². The average Bonchev–Trinajstić information content (AvgIpc) is 3.44. The molecule has 4 heterocycles. The Morgan fingerprint density at radius 1 is 1.22 bits per heavy atom. The standard InChI is InChI=1S/C24H25N5O3/c1-28-14-19(12-26-28)18-4-2-16(3-5-18)10-17-11-20(23-25-7-8-29(23)13-17)24(31)27-21-6-9-32-15-22(21)30/h2-5,7-8,11-14,21-22,30H,6,9-10,15H2,1H3,(H,27,31)/t21-,22-/m0/s1. The second kappa shape index (κ2) is 8.57. The van der Waals surface area contributed by atoms with Gasteiger partial charge in [0.15, 0.2) is 0 Å². The summed E-state index contributed by atoms with van der Waals surface area (Å²) in [5.41, 5.74) is 5.43. The fourth-order valence-corrected chi connectivity index (χ4v) is 4.11. The van der Waals surface area contributed by atoms with Gasteiger partial charge >= 0.3 is 0 Å². The predicted octanol–water partition coefficient (Wildman–Crippen LogP) is 2.21. The van der Waals surface area contributed by atoms with Crippen LogP contribution < -0.4 is 5.32 Å². The minimum atomic E-state index is -0.704.